The number of halogens is 3. The Morgan fingerprint density at radius 3 is 2.53 bits per heavy atom. The quantitative estimate of drug-likeness (QED) is 0.901. The lowest BCUT2D eigenvalue weighted by molar-refractivity contribution is 0.483. The van der Waals surface area contributed by atoms with Crippen molar-refractivity contribution in [2.24, 2.45) is 5.73 Å². The van der Waals surface area contributed by atoms with Gasteiger partial charge in [-0.15, -0.1) is 0 Å². The van der Waals surface area contributed by atoms with Gasteiger partial charge in [0, 0.05) is 5.54 Å². The second-order valence-corrected chi connectivity index (χ2v) is 5.61. The molecule has 19 heavy (non-hydrogen) atoms. The van der Waals surface area contributed by atoms with E-state index < -0.39 is 5.54 Å². The summed E-state index contributed by atoms with van der Waals surface area (Å²) in [6.45, 7) is 1.80. The van der Waals surface area contributed by atoms with Gasteiger partial charge in [0.15, 0.2) is 0 Å². The van der Waals surface area contributed by atoms with E-state index in [9.17, 15) is 8.78 Å². The number of rotatable bonds is 3. The second kappa shape index (κ2) is 5.39. The molecule has 0 saturated carbocycles. The molecule has 1 nitrogen and oxygen atoms in total. The van der Waals surface area contributed by atoms with Gasteiger partial charge in [-0.25, -0.2) is 8.78 Å². The fourth-order valence-corrected chi connectivity index (χ4v) is 2.43. The number of hydrogen-bond donors (Lipinski definition) is 1. The van der Waals surface area contributed by atoms with Crippen LogP contribution in [0.1, 0.15) is 18.1 Å². The molecule has 2 rings (SSSR count). The van der Waals surface area contributed by atoms with Gasteiger partial charge in [0.1, 0.15) is 11.6 Å². The minimum Gasteiger partial charge on any atom is -0.321 e. The summed E-state index contributed by atoms with van der Waals surface area (Å²) in [6, 6.07) is 11.0. The van der Waals surface area contributed by atoms with Crippen molar-refractivity contribution in [2.45, 2.75) is 18.9 Å². The molecular formula is C15H14BrF2N. The molecule has 0 amide bonds. The van der Waals surface area contributed by atoms with Crippen molar-refractivity contribution in [1.82, 2.24) is 0 Å². The average molecular weight is 326 g/mol. The summed E-state index contributed by atoms with van der Waals surface area (Å²) in [5.41, 5.74) is 6.93. The summed E-state index contributed by atoms with van der Waals surface area (Å²) in [6.07, 6.45) is 0.412. The molecule has 1 atom stereocenters. The Kier molecular flexibility index (Phi) is 4.02. The van der Waals surface area contributed by atoms with E-state index in [1.165, 1.54) is 18.2 Å². The molecule has 2 aromatic carbocycles. The predicted octanol–water partition coefficient (Wildman–Crippen LogP) is 4.14. The summed E-state index contributed by atoms with van der Waals surface area (Å²) < 4.78 is 27.1. The lowest BCUT2D eigenvalue weighted by atomic mass is 9.86. The van der Waals surface area contributed by atoms with Crippen LogP contribution >= 0.6 is 15.9 Å². The Balaban J connectivity index is 2.33. The van der Waals surface area contributed by atoms with Crippen LogP contribution in [0.2, 0.25) is 0 Å². The maximum atomic E-state index is 13.5. The maximum Gasteiger partial charge on any atom is 0.137 e. The average Bonchev–Trinajstić information content (AvgIpc) is 2.35. The smallest absolute Gasteiger partial charge is 0.137 e. The summed E-state index contributed by atoms with van der Waals surface area (Å²) in [5, 5.41) is 0. The van der Waals surface area contributed by atoms with Crippen LogP contribution in [-0.4, -0.2) is 0 Å². The minimum absolute atomic E-state index is 0.326. The zero-order valence-corrected chi connectivity index (χ0v) is 12.0. The SMILES string of the molecule is CC(N)(Cc1cccc(F)c1Br)c1cccc(F)c1. The van der Waals surface area contributed by atoms with Crippen molar-refractivity contribution in [2.75, 3.05) is 0 Å². The topological polar surface area (TPSA) is 26.0 Å². The van der Waals surface area contributed by atoms with Crippen molar-refractivity contribution >= 4 is 15.9 Å². The van der Waals surface area contributed by atoms with Gasteiger partial charge < -0.3 is 5.73 Å². The molecule has 0 radical (unpaired) electrons. The maximum absolute atomic E-state index is 13.5. The largest absolute Gasteiger partial charge is 0.321 e. The zero-order chi connectivity index (χ0) is 14.0. The normalized spacial score (nSPS) is 14.2. The third-order valence-electron chi connectivity index (χ3n) is 3.07. The van der Waals surface area contributed by atoms with Crippen LogP contribution in [0.5, 0.6) is 0 Å². The van der Waals surface area contributed by atoms with Crippen LogP contribution in [0.25, 0.3) is 0 Å². The van der Waals surface area contributed by atoms with Crippen molar-refractivity contribution in [3.8, 4) is 0 Å². The number of hydrogen-bond acceptors (Lipinski definition) is 1. The summed E-state index contributed by atoms with van der Waals surface area (Å²) in [5.74, 6) is -0.653. The molecule has 0 saturated heterocycles. The molecule has 100 valence electrons. The van der Waals surface area contributed by atoms with Gasteiger partial charge in [-0.05, 0) is 58.6 Å². The second-order valence-electron chi connectivity index (χ2n) is 4.82. The molecule has 0 aliphatic rings. The van der Waals surface area contributed by atoms with E-state index in [0.29, 0.717) is 16.5 Å². The van der Waals surface area contributed by atoms with Gasteiger partial charge in [0.05, 0.1) is 4.47 Å². The fourth-order valence-electron chi connectivity index (χ4n) is 2.03. The molecule has 1 unspecified atom stereocenters. The van der Waals surface area contributed by atoms with E-state index in [1.807, 2.05) is 0 Å². The van der Waals surface area contributed by atoms with Gasteiger partial charge in [-0.2, -0.15) is 0 Å². The van der Waals surface area contributed by atoms with Crippen LogP contribution in [0.3, 0.4) is 0 Å². The molecule has 0 spiro atoms. The summed E-state index contributed by atoms with van der Waals surface area (Å²) in [4.78, 5) is 0. The lowest BCUT2D eigenvalue weighted by Crippen LogP contribution is -2.35. The highest BCUT2D eigenvalue weighted by atomic mass is 79.9. The monoisotopic (exact) mass is 325 g/mol. The van der Waals surface area contributed by atoms with Crippen LogP contribution in [0.15, 0.2) is 46.9 Å². The molecule has 0 fully saturated rings. The minimum atomic E-state index is -0.765. The van der Waals surface area contributed by atoms with Gasteiger partial charge in [-0.1, -0.05) is 24.3 Å². The molecule has 2 N–H and O–H groups in total. The Labute approximate surface area is 119 Å². The lowest BCUT2D eigenvalue weighted by Gasteiger charge is -2.26. The van der Waals surface area contributed by atoms with E-state index in [1.54, 1.807) is 31.2 Å². The molecule has 4 heteroatoms. The zero-order valence-electron chi connectivity index (χ0n) is 10.5. The van der Waals surface area contributed by atoms with Crippen molar-refractivity contribution < 1.29 is 8.78 Å². The molecule has 0 heterocycles. The Hall–Kier alpha value is -1.26. The molecule has 0 aliphatic heterocycles. The van der Waals surface area contributed by atoms with E-state index in [0.717, 1.165) is 5.56 Å². The summed E-state index contributed by atoms with van der Waals surface area (Å²) >= 11 is 3.22. The molecule has 0 aromatic heterocycles. The van der Waals surface area contributed by atoms with Crippen molar-refractivity contribution in [3.63, 3.8) is 0 Å². The van der Waals surface area contributed by atoms with Crippen molar-refractivity contribution in [1.29, 1.82) is 0 Å². The first-order valence-electron chi connectivity index (χ1n) is 5.88. The van der Waals surface area contributed by atoms with E-state index in [-0.39, 0.29) is 11.6 Å². The molecule has 0 bridgehead atoms. The first-order valence-corrected chi connectivity index (χ1v) is 6.67. The highest BCUT2D eigenvalue weighted by molar-refractivity contribution is 9.10. The standard InChI is InChI=1S/C15H14BrF2N/c1-15(19,11-5-3-6-12(17)8-11)9-10-4-2-7-13(18)14(10)16/h2-8H,9,19H2,1H3. The third kappa shape index (κ3) is 3.19. The Bertz CT molecular complexity index is 596. The van der Waals surface area contributed by atoms with Crippen LogP contribution < -0.4 is 5.73 Å². The van der Waals surface area contributed by atoms with Gasteiger partial charge in [0.25, 0.3) is 0 Å². The van der Waals surface area contributed by atoms with E-state index in [4.69, 9.17) is 5.73 Å². The first-order chi connectivity index (χ1) is 8.90. The van der Waals surface area contributed by atoms with Crippen LogP contribution in [0.4, 0.5) is 8.78 Å². The molecular weight excluding hydrogens is 312 g/mol. The van der Waals surface area contributed by atoms with Gasteiger partial charge >= 0.3 is 0 Å². The molecule has 2 aromatic rings. The molecule has 0 aliphatic carbocycles. The van der Waals surface area contributed by atoms with Crippen LogP contribution in [-0.2, 0) is 12.0 Å². The Morgan fingerprint density at radius 2 is 1.84 bits per heavy atom. The van der Waals surface area contributed by atoms with Gasteiger partial charge in [0.2, 0.25) is 0 Å². The third-order valence-corrected chi connectivity index (χ3v) is 3.96. The predicted molar refractivity (Wildman–Crippen MR) is 75.7 cm³/mol. The highest BCUT2D eigenvalue weighted by Crippen LogP contribution is 2.28. The summed E-state index contributed by atoms with van der Waals surface area (Å²) in [7, 11) is 0. The van der Waals surface area contributed by atoms with Crippen LogP contribution in [0, 0.1) is 11.6 Å². The first kappa shape index (κ1) is 14.2. The van der Waals surface area contributed by atoms with Gasteiger partial charge in [-0.3, -0.25) is 0 Å². The fraction of sp³-hybridized carbons (Fsp3) is 0.200. The number of benzene rings is 2. The number of nitrogens with two attached hydrogens (primary N) is 1. The highest BCUT2D eigenvalue weighted by Gasteiger charge is 2.23. The van der Waals surface area contributed by atoms with E-state index in [2.05, 4.69) is 15.9 Å². The Morgan fingerprint density at radius 1 is 1.16 bits per heavy atom. The van der Waals surface area contributed by atoms with Crippen molar-refractivity contribution in [3.05, 3.63) is 69.7 Å². The van der Waals surface area contributed by atoms with E-state index >= 15 is 0 Å².